The summed E-state index contributed by atoms with van der Waals surface area (Å²) in [6.07, 6.45) is 0. The molecule has 1 unspecified atom stereocenters. The van der Waals surface area contributed by atoms with Crippen molar-refractivity contribution in [3.8, 4) is 0 Å². The molecule has 0 aromatic heterocycles. The van der Waals surface area contributed by atoms with E-state index in [0.717, 1.165) is 29.0 Å². The SMILES string of the molecule is CC(=O)c1ccc2c(c1)C(C(=Nc1ccc(CN(C)C)cc1)c1ccccc1)C(=O)N2. The minimum absolute atomic E-state index is 0.0319. The highest BCUT2D eigenvalue weighted by Crippen LogP contribution is 2.37. The van der Waals surface area contributed by atoms with Crippen LogP contribution in [0.1, 0.15) is 39.9 Å². The summed E-state index contributed by atoms with van der Waals surface area (Å²) >= 11 is 0. The molecule has 1 aliphatic rings. The first-order chi connectivity index (χ1) is 14.9. The van der Waals surface area contributed by atoms with Crippen molar-refractivity contribution in [2.75, 3.05) is 19.4 Å². The maximum absolute atomic E-state index is 13.0. The lowest BCUT2D eigenvalue weighted by molar-refractivity contribution is -0.115. The lowest BCUT2D eigenvalue weighted by atomic mass is 9.89. The number of nitrogens with one attached hydrogen (secondary N) is 1. The van der Waals surface area contributed by atoms with E-state index in [1.165, 1.54) is 12.5 Å². The molecule has 1 aliphatic heterocycles. The number of anilines is 1. The normalized spacial score (nSPS) is 15.7. The molecule has 1 amide bonds. The highest BCUT2D eigenvalue weighted by molar-refractivity contribution is 6.24. The van der Waals surface area contributed by atoms with Crippen LogP contribution in [0.2, 0.25) is 0 Å². The maximum Gasteiger partial charge on any atom is 0.238 e. The Labute approximate surface area is 182 Å². The molecular formula is C26H25N3O2. The van der Waals surface area contributed by atoms with Crippen LogP contribution in [-0.4, -0.2) is 36.4 Å². The monoisotopic (exact) mass is 411 g/mol. The second-order valence-corrected chi connectivity index (χ2v) is 8.05. The number of aliphatic imine (C=N–C) groups is 1. The topological polar surface area (TPSA) is 61.8 Å². The number of fused-ring (bicyclic) bond motifs is 1. The third kappa shape index (κ3) is 4.47. The van der Waals surface area contributed by atoms with Crippen LogP contribution in [0.3, 0.4) is 0 Å². The minimum Gasteiger partial charge on any atom is -0.325 e. The van der Waals surface area contributed by atoms with Crippen molar-refractivity contribution in [3.63, 3.8) is 0 Å². The summed E-state index contributed by atoms with van der Waals surface area (Å²) in [7, 11) is 4.07. The summed E-state index contributed by atoms with van der Waals surface area (Å²) in [5, 5.41) is 2.94. The maximum atomic E-state index is 13.0. The molecule has 1 N–H and O–H groups in total. The number of Topliss-reactive ketones (excluding diaryl/α,β-unsaturated/α-hetero) is 1. The van der Waals surface area contributed by atoms with Gasteiger partial charge in [0.05, 0.1) is 11.4 Å². The predicted molar refractivity (Wildman–Crippen MR) is 124 cm³/mol. The van der Waals surface area contributed by atoms with Gasteiger partial charge in [0.25, 0.3) is 0 Å². The van der Waals surface area contributed by atoms with E-state index in [1.54, 1.807) is 18.2 Å². The second-order valence-electron chi connectivity index (χ2n) is 8.05. The van der Waals surface area contributed by atoms with Crippen LogP contribution >= 0.6 is 0 Å². The summed E-state index contributed by atoms with van der Waals surface area (Å²) in [6.45, 7) is 2.38. The van der Waals surface area contributed by atoms with Crippen LogP contribution in [0, 0.1) is 0 Å². The fourth-order valence-corrected chi connectivity index (χ4v) is 3.84. The van der Waals surface area contributed by atoms with E-state index in [-0.39, 0.29) is 11.7 Å². The first-order valence-electron chi connectivity index (χ1n) is 10.3. The van der Waals surface area contributed by atoms with Gasteiger partial charge < -0.3 is 10.2 Å². The Kier molecular flexibility index (Phi) is 5.78. The first-order valence-corrected chi connectivity index (χ1v) is 10.3. The number of carbonyl (C=O) groups is 2. The molecule has 0 spiro atoms. The predicted octanol–water partition coefficient (Wildman–Crippen LogP) is 4.81. The van der Waals surface area contributed by atoms with Gasteiger partial charge in [-0.05, 0) is 68.0 Å². The number of nitrogens with zero attached hydrogens (tertiary/aromatic N) is 2. The van der Waals surface area contributed by atoms with Crippen molar-refractivity contribution in [1.82, 2.24) is 4.90 Å². The van der Waals surface area contributed by atoms with E-state index in [0.29, 0.717) is 11.3 Å². The molecule has 5 nitrogen and oxygen atoms in total. The molecular weight excluding hydrogens is 386 g/mol. The Hall–Kier alpha value is -3.57. The molecule has 0 bridgehead atoms. The van der Waals surface area contributed by atoms with Crippen LogP contribution in [0.4, 0.5) is 11.4 Å². The molecule has 5 heteroatoms. The number of ketones is 1. The van der Waals surface area contributed by atoms with Gasteiger partial charge >= 0.3 is 0 Å². The van der Waals surface area contributed by atoms with Crippen LogP contribution in [0.25, 0.3) is 0 Å². The smallest absolute Gasteiger partial charge is 0.238 e. The molecule has 0 fully saturated rings. The third-order valence-electron chi connectivity index (χ3n) is 5.32. The molecule has 3 aromatic carbocycles. The van der Waals surface area contributed by atoms with Crippen molar-refractivity contribution in [3.05, 3.63) is 95.1 Å². The van der Waals surface area contributed by atoms with Gasteiger partial charge in [-0.15, -0.1) is 0 Å². The Morgan fingerprint density at radius 1 is 0.968 bits per heavy atom. The molecule has 1 atom stereocenters. The molecule has 0 saturated heterocycles. The van der Waals surface area contributed by atoms with E-state index in [2.05, 4.69) is 22.3 Å². The average molecular weight is 412 g/mol. The molecule has 31 heavy (non-hydrogen) atoms. The molecule has 156 valence electrons. The fourth-order valence-electron chi connectivity index (χ4n) is 3.84. The lowest BCUT2D eigenvalue weighted by Crippen LogP contribution is -2.22. The number of hydrogen-bond donors (Lipinski definition) is 1. The summed E-state index contributed by atoms with van der Waals surface area (Å²) in [5.74, 6) is -0.753. The Bertz CT molecular complexity index is 1150. The van der Waals surface area contributed by atoms with Gasteiger partial charge in [0.1, 0.15) is 5.92 Å². The van der Waals surface area contributed by atoms with Crippen molar-refractivity contribution in [1.29, 1.82) is 0 Å². The quantitative estimate of drug-likeness (QED) is 0.468. The standard InChI is InChI=1S/C26H25N3O2/c1-17(30)20-11-14-23-22(15-20)24(26(31)28-23)25(19-7-5-4-6-8-19)27-21-12-9-18(10-13-21)16-29(2)3/h4-15,24H,16H2,1-3H3,(H,28,31). The average Bonchev–Trinajstić information content (AvgIpc) is 3.08. The van der Waals surface area contributed by atoms with E-state index in [1.807, 2.05) is 56.6 Å². The second kappa shape index (κ2) is 8.66. The van der Waals surface area contributed by atoms with Crippen LogP contribution in [-0.2, 0) is 11.3 Å². The number of amides is 1. The third-order valence-corrected chi connectivity index (χ3v) is 5.32. The van der Waals surface area contributed by atoms with E-state index < -0.39 is 5.92 Å². The van der Waals surface area contributed by atoms with Gasteiger partial charge in [0, 0.05) is 17.8 Å². The fraction of sp³-hybridized carbons (Fsp3) is 0.192. The van der Waals surface area contributed by atoms with Crippen LogP contribution < -0.4 is 5.32 Å². The summed E-state index contributed by atoms with van der Waals surface area (Å²) in [6, 6.07) is 23.1. The number of hydrogen-bond acceptors (Lipinski definition) is 4. The van der Waals surface area contributed by atoms with Crippen LogP contribution in [0.5, 0.6) is 0 Å². The lowest BCUT2D eigenvalue weighted by Gasteiger charge is -2.15. The van der Waals surface area contributed by atoms with Crippen molar-refractivity contribution < 1.29 is 9.59 Å². The zero-order chi connectivity index (χ0) is 22.0. The first kappa shape index (κ1) is 20.7. The van der Waals surface area contributed by atoms with Gasteiger partial charge in [-0.25, -0.2) is 0 Å². The highest BCUT2D eigenvalue weighted by Gasteiger charge is 2.35. The molecule has 0 saturated carbocycles. The van der Waals surface area contributed by atoms with Gasteiger partial charge in [0.2, 0.25) is 5.91 Å². The Balaban J connectivity index is 1.81. The molecule has 3 aromatic rings. The minimum atomic E-state index is -0.585. The molecule has 0 radical (unpaired) electrons. The molecule has 0 aliphatic carbocycles. The summed E-state index contributed by atoms with van der Waals surface area (Å²) in [5.41, 5.74) is 5.61. The van der Waals surface area contributed by atoms with Crippen LogP contribution in [0.15, 0.2) is 77.8 Å². The summed E-state index contributed by atoms with van der Waals surface area (Å²) in [4.78, 5) is 32.0. The van der Waals surface area contributed by atoms with E-state index in [4.69, 9.17) is 4.99 Å². The van der Waals surface area contributed by atoms with Gasteiger partial charge in [-0.3, -0.25) is 14.6 Å². The number of rotatable bonds is 6. The number of benzene rings is 3. The highest BCUT2D eigenvalue weighted by atomic mass is 16.2. The zero-order valence-corrected chi connectivity index (χ0v) is 17.9. The van der Waals surface area contributed by atoms with Gasteiger partial charge in [-0.2, -0.15) is 0 Å². The number of carbonyl (C=O) groups excluding carboxylic acids is 2. The van der Waals surface area contributed by atoms with E-state index >= 15 is 0 Å². The van der Waals surface area contributed by atoms with Gasteiger partial charge in [-0.1, -0.05) is 42.5 Å². The molecule has 1 heterocycles. The van der Waals surface area contributed by atoms with Gasteiger partial charge in [0.15, 0.2) is 5.78 Å². The van der Waals surface area contributed by atoms with Crippen molar-refractivity contribution in [2.45, 2.75) is 19.4 Å². The summed E-state index contributed by atoms with van der Waals surface area (Å²) < 4.78 is 0. The largest absolute Gasteiger partial charge is 0.325 e. The zero-order valence-electron chi connectivity index (χ0n) is 17.9. The van der Waals surface area contributed by atoms with Crippen molar-refractivity contribution in [2.24, 2.45) is 4.99 Å². The molecule has 4 rings (SSSR count). The Morgan fingerprint density at radius 2 is 1.68 bits per heavy atom. The Morgan fingerprint density at radius 3 is 2.32 bits per heavy atom. The van der Waals surface area contributed by atoms with E-state index in [9.17, 15) is 9.59 Å². The van der Waals surface area contributed by atoms with Crippen molar-refractivity contribution >= 4 is 28.8 Å².